The first-order valence-electron chi connectivity index (χ1n) is 12.7. The number of hydrogen-bond acceptors (Lipinski definition) is 7. The third kappa shape index (κ3) is 5.11. The molecule has 0 atom stereocenters. The molecule has 1 amide bonds. The molecule has 0 radical (unpaired) electrons. The van der Waals surface area contributed by atoms with Gasteiger partial charge in [0.05, 0.1) is 11.8 Å². The van der Waals surface area contributed by atoms with Crippen molar-refractivity contribution in [3.63, 3.8) is 0 Å². The van der Waals surface area contributed by atoms with Gasteiger partial charge < -0.3 is 20.4 Å². The molecule has 1 saturated carbocycles. The fraction of sp³-hybridized carbons (Fsp3) is 0.500. The summed E-state index contributed by atoms with van der Waals surface area (Å²) in [5, 5.41) is 7.58. The van der Waals surface area contributed by atoms with Crippen LogP contribution in [0, 0.1) is 5.41 Å². The number of hydrogen-bond donors (Lipinski definition) is 2. The number of piperazine rings is 1. The average Bonchev–Trinajstić information content (AvgIpc) is 3.47. The van der Waals surface area contributed by atoms with E-state index in [0.29, 0.717) is 21.8 Å². The van der Waals surface area contributed by atoms with Crippen LogP contribution in [0.15, 0.2) is 36.7 Å². The third-order valence-electron chi connectivity index (χ3n) is 7.74. The van der Waals surface area contributed by atoms with Crippen LogP contribution in [0.2, 0.25) is 0 Å². The number of nitrogens with zero attached hydrogens (tertiary/aromatic N) is 4. The lowest BCUT2D eigenvalue weighted by atomic mass is 9.65. The first kappa shape index (κ1) is 24.4. The third-order valence-corrected chi connectivity index (χ3v) is 8.78. The second kappa shape index (κ2) is 9.43. The van der Waals surface area contributed by atoms with Crippen molar-refractivity contribution in [1.29, 1.82) is 0 Å². The van der Waals surface area contributed by atoms with Crippen LogP contribution < -0.4 is 15.5 Å². The van der Waals surface area contributed by atoms with Crippen molar-refractivity contribution < 1.29 is 18.0 Å². The molecule has 1 aromatic carbocycles. The lowest BCUT2D eigenvalue weighted by molar-refractivity contribution is -0.126. The number of alkyl halides is 3. The van der Waals surface area contributed by atoms with Crippen molar-refractivity contribution in [3.8, 4) is 0 Å². The van der Waals surface area contributed by atoms with Gasteiger partial charge in [0.2, 0.25) is 0 Å². The highest BCUT2D eigenvalue weighted by Gasteiger charge is 2.49. The minimum atomic E-state index is -4.24. The number of amides is 1. The normalized spacial score (nSPS) is 24.0. The Hall–Kier alpha value is -2.92. The van der Waals surface area contributed by atoms with Gasteiger partial charge in [0.25, 0.3) is 5.91 Å². The Bertz CT molecular complexity index is 1280. The molecule has 3 fully saturated rings. The second-order valence-electron chi connectivity index (χ2n) is 10.5. The zero-order valence-corrected chi connectivity index (χ0v) is 21.2. The number of nitrogens with one attached hydrogen (secondary N) is 2. The van der Waals surface area contributed by atoms with Gasteiger partial charge >= 0.3 is 6.18 Å². The molecule has 2 aromatic heterocycles. The molecule has 1 spiro atoms. The number of carbonyl (C=O) groups is 1. The minimum Gasteiger partial charge on any atom is -0.382 e. The lowest BCUT2D eigenvalue weighted by Crippen LogP contribution is -2.47. The number of carbonyl (C=O) groups excluding carboxylic acids is 1. The van der Waals surface area contributed by atoms with Gasteiger partial charge in [-0.2, -0.15) is 13.2 Å². The standard InChI is InChI=1S/C26H29F3N6OS/c27-26(28,29)14-20-11-21-22(31-16-32-23(21)37-20)35-8-5-25(15-35)12-19(13-25)33-18-3-1-17(2-4-18)24(36)34-9-6-30-7-10-34/h1-4,11,16,19,30,33H,5-10,12-15H2. The molecule has 7 nitrogen and oxygen atoms in total. The van der Waals surface area contributed by atoms with E-state index in [1.54, 1.807) is 6.07 Å². The van der Waals surface area contributed by atoms with Crippen molar-refractivity contribution in [2.75, 3.05) is 49.5 Å². The molecule has 3 aliphatic rings. The predicted octanol–water partition coefficient (Wildman–Crippen LogP) is 4.31. The monoisotopic (exact) mass is 530 g/mol. The first-order valence-corrected chi connectivity index (χ1v) is 13.5. The smallest absolute Gasteiger partial charge is 0.382 e. The number of halogens is 3. The maximum absolute atomic E-state index is 12.9. The van der Waals surface area contributed by atoms with Gasteiger partial charge in [0.1, 0.15) is 17.0 Å². The Morgan fingerprint density at radius 3 is 2.62 bits per heavy atom. The minimum absolute atomic E-state index is 0.0803. The Labute approximate surface area is 217 Å². The fourth-order valence-corrected chi connectivity index (χ4v) is 6.98. The summed E-state index contributed by atoms with van der Waals surface area (Å²) in [5.41, 5.74) is 1.92. The molecule has 6 rings (SSSR count). The predicted molar refractivity (Wildman–Crippen MR) is 138 cm³/mol. The summed E-state index contributed by atoms with van der Waals surface area (Å²) >= 11 is 1.09. The van der Waals surface area contributed by atoms with Gasteiger partial charge in [0.15, 0.2) is 0 Å². The van der Waals surface area contributed by atoms with E-state index in [0.717, 1.165) is 81.4 Å². The van der Waals surface area contributed by atoms with E-state index < -0.39 is 12.6 Å². The number of thiophene rings is 1. The van der Waals surface area contributed by atoms with E-state index in [9.17, 15) is 18.0 Å². The van der Waals surface area contributed by atoms with E-state index in [4.69, 9.17) is 0 Å². The zero-order chi connectivity index (χ0) is 25.6. The van der Waals surface area contributed by atoms with Crippen molar-refractivity contribution in [3.05, 3.63) is 47.1 Å². The number of aromatic nitrogens is 2. The number of anilines is 2. The number of rotatable bonds is 5. The van der Waals surface area contributed by atoms with E-state index in [1.807, 2.05) is 29.2 Å². The molecule has 4 heterocycles. The van der Waals surface area contributed by atoms with Crippen molar-refractivity contribution in [2.45, 2.75) is 37.9 Å². The first-order chi connectivity index (χ1) is 17.8. The van der Waals surface area contributed by atoms with Gasteiger partial charge in [-0.1, -0.05) is 0 Å². The highest BCUT2D eigenvalue weighted by atomic mass is 32.1. The average molecular weight is 531 g/mol. The summed E-state index contributed by atoms with van der Waals surface area (Å²) in [6, 6.07) is 9.72. The van der Waals surface area contributed by atoms with E-state index in [2.05, 4.69) is 25.5 Å². The van der Waals surface area contributed by atoms with Crippen LogP contribution in [0.4, 0.5) is 24.7 Å². The summed E-state index contributed by atoms with van der Waals surface area (Å²) in [6.07, 6.45) is -0.618. The highest BCUT2D eigenvalue weighted by Crippen LogP contribution is 2.50. The van der Waals surface area contributed by atoms with Crippen LogP contribution in [0.3, 0.4) is 0 Å². The molecule has 1 aliphatic carbocycles. The Balaban J connectivity index is 1.06. The number of fused-ring (bicyclic) bond motifs is 1. The Morgan fingerprint density at radius 2 is 1.89 bits per heavy atom. The van der Waals surface area contributed by atoms with E-state index in [-0.39, 0.29) is 16.2 Å². The van der Waals surface area contributed by atoms with Crippen LogP contribution in [0.5, 0.6) is 0 Å². The molecule has 11 heteroatoms. The van der Waals surface area contributed by atoms with Crippen LogP contribution >= 0.6 is 11.3 Å². The number of benzene rings is 1. The van der Waals surface area contributed by atoms with Gasteiger partial charge in [-0.25, -0.2) is 9.97 Å². The van der Waals surface area contributed by atoms with Crippen LogP contribution in [-0.4, -0.2) is 72.3 Å². The molecule has 2 aliphatic heterocycles. The largest absolute Gasteiger partial charge is 0.393 e. The van der Waals surface area contributed by atoms with Gasteiger partial charge in [-0.15, -0.1) is 11.3 Å². The Morgan fingerprint density at radius 1 is 1.14 bits per heavy atom. The summed E-state index contributed by atoms with van der Waals surface area (Å²) in [5.74, 6) is 0.823. The maximum Gasteiger partial charge on any atom is 0.393 e. The highest BCUT2D eigenvalue weighted by molar-refractivity contribution is 7.18. The topological polar surface area (TPSA) is 73.4 Å². The molecule has 37 heavy (non-hydrogen) atoms. The molecule has 3 aromatic rings. The van der Waals surface area contributed by atoms with Crippen molar-refractivity contribution in [1.82, 2.24) is 20.2 Å². The van der Waals surface area contributed by atoms with Crippen LogP contribution in [0.25, 0.3) is 10.2 Å². The fourth-order valence-electron chi connectivity index (χ4n) is 5.96. The molecule has 0 unspecified atom stereocenters. The van der Waals surface area contributed by atoms with Crippen molar-refractivity contribution in [2.24, 2.45) is 5.41 Å². The summed E-state index contributed by atoms with van der Waals surface area (Å²) in [7, 11) is 0. The lowest BCUT2D eigenvalue weighted by Gasteiger charge is -2.46. The SMILES string of the molecule is O=C(c1ccc(NC2CC3(CCN(c4ncnc5sc(CC(F)(F)F)cc45)C3)C2)cc1)N1CCNCC1. The van der Waals surface area contributed by atoms with Crippen molar-refractivity contribution >= 4 is 39.0 Å². The molecule has 0 bridgehead atoms. The van der Waals surface area contributed by atoms with Gasteiger partial charge in [-0.3, -0.25) is 4.79 Å². The molecule has 2 saturated heterocycles. The van der Waals surface area contributed by atoms with Crippen LogP contribution in [0.1, 0.15) is 34.5 Å². The maximum atomic E-state index is 12.9. The van der Waals surface area contributed by atoms with E-state index in [1.165, 1.54) is 6.33 Å². The molecule has 2 N–H and O–H groups in total. The van der Waals surface area contributed by atoms with E-state index >= 15 is 0 Å². The zero-order valence-electron chi connectivity index (χ0n) is 20.4. The molecular weight excluding hydrogens is 501 g/mol. The summed E-state index contributed by atoms with van der Waals surface area (Å²) < 4.78 is 38.7. The molecular formula is C26H29F3N6OS. The quantitative estimate of drug-likeness (QED) is 0.512. The Kier molecular flexibility index (Phi) is 6.22. The van der Waals surface area contributed by atoms with Gasteiger partial charge in [-0.05, 0) is 55.0 Å². The molecule has 196 valence electrons. The summed E-state index contributed by atoms with van der Waals surface area (Å²) in [4.78, 5) is 26.3. The summed E-state index contributed by atoms with van der Waals surface area (Å²) in [6.45, 7) is 4.83. The van der Waals surface area contributed by atoms with Gasteiger partial charge in [0, 0.05) is 61.4 Å². The van der Waals surface area contributed by atoms with Crippen LogP contribution in [-0.2, 0) is 6.42 Å². The second-order valence-corrected chi connectivity index (χ2v) is 11.6.